The molecule has 3 heteroatoms. The zero-order chi connectivity index (χ0) is 35.7. The van der Waals surface area contributed by atoms with Gasteiger partial charge < -0.3 is 14.4 Å². The van der Waals surface area contributed by atoms with E-state index < -0.39 is 5.41 Å². The minimum absolute atomic E-state index is 0.256. The third-order valence-electron chi connectivity index (χ3n) is 11.8. The first-order valence-corrected chi connectivity index (χ1v) is 18.5. The molecule has 1 spiro atoms. The molecule has 0 saturated heterocycles. The highest BCUT2D eigenvalue weighted by molar-refractivity contribution is 5.96. The Labute approximate surface area is 311 Å². The molecule has 1 aliphatic heterocycles. The smallest absolute Gasteiger partial charge is 0.193 e. The van der Waals surface area contributed by atoms with Gasteiger partial charge in [-0.25, -0.2) is 0 Å². The highest BCUT2D eigenvalue weighted by atomic mass is 16.6. The molecule has 256 valence electrons. The van der Waals surface area contributed by atoms with Crippen molar-refractivity contribution in [3.8, 4) is 22.6 Å². The molecule has 53 heavy (non-hydrogen) atoms. The lowest BCUT2D eigenvalue weighted by molar-refractivity contribution is 0.310. The van der Waals surface area contributed by atoms with Gasteiger partial charge in [0.15, 0.2) is 23.0 Å². The van der Waals surface area contributed by atoms with Crippen LogP contribution in [0.15, 0.2) is 194 Å². The van der Waals surface area contributed by atoms with Crippen LogP contribution in [0, 0.1) is 0 Å². The van der Waals surface area contributed by atoms with Crippen LogP contribution in [-0.4, -0.2) is 7.05 Å². The van der Waals surface area contributed by atoms with Crippen molar-refractivity contribution in [1.29, 1.82) is 0 Å². The van der Waals surface area contributed by atoms with Crippen molar-refractivity contribution in [3.63, 3.8) is 0 Å². The summed E-state index contributed by atoms with van der Waals surface area (Å²) in [5.41, 5.74) is 14.3. The van der Waals surface area contributed by atoms with Gasteiger partial charge in [0.1, 0.15) is 0 Å². The average Bonchev–Trinajstić information content (AvgIpc) is 3.69. The first-order chi connectivity index (χ1) is 26.1. The maximum Gasteiger partial charge on any atom is 0.193 e. The molecule has 0 fully saturated rings. The number of anilines is 1. The summed E-state index contributed by atoms with van der Waals surface area (Å²) >= 11 is 0. The SMILES string of the molecule is C=CC1=C(C(=C)N(C)c2ccc(C3C=CC=CC3c3ccccc3)cc2)Oc2cc3c(cc2O1)C1=C(C=CCC1)C31c2ccccc2-c2ccccc21. The van der Waals surface area contributed by atoms with Gasteiger partial charge in [0, 0.05) is 24.6 Å². The number of fused-ring (bicyclic) bond motifs is 10. The number of allylic oxidation sites excluding steroid dienone is 9. The van der Waals surface area contributed by atoms with Crippen LogP contribution in [-0.2, 0) is 5.41 Å². The van der Waals surface area contributed by atoms with Crippen molar-refractivity contribution in [2.24, 2.45) is 0 Å². The van der Waals surface area contributed by atoms with E-state index in [1.807, 2.05) is 7.05 Å². The first-order valence-electron chi connectivity index (χ1n) is 18.5. The lowest BCUT2D eigenvalue weighted by Crippen LogP contribution is -2.27. The zero-order valence-electron chi connectivity index (χ0n) is 29.8. The number of benzene rings is 5. The first kappa shape index (κ1) is 31.4. The van der Waals surface area contributed by atoms with E-state index in [9.17, 15) is 0 Å². The number of rotatable bonds is 6. The summed E-state index contributed by atoms with van der Waals surface area (Å²) < 4.78 is 13.5. The third kappa shape index (κ3) is 4.60. The number of hydrogen-bond acceptors (Lipinski definition) is 3. The minimum atomic E-state index is -0.422. The van der Waals surface area contributed by atoms with E-state index in [0.29, 0.717) is 28.7 Å². The fraction of sp³-hybridized carbons (Fsp3) is 0.120. The highest BCUT2D eigenvalue weighted by Crippen LogP contribution is 2.64. The van der Waals surface area contributed by atoms with Gasteiger partial charge in [-0.2, -0.15) is 0 Å². The maximum absolute atomic E-state index is 6.87. The Hall–Kier alpha value is -6.32. The van der Waals surface area contributed by atoms with Crippen molar-refractivity contribution in [2.45, 2.75) is 30.1 Å². The van der Waals surface area contributed by atoms with E-state index in [-0.39, 0.29) is 11.8 Å². The second kappa shape index (κ2) is 12.1. The Morgan fingerprint density at radius 2 is 1.34 bits per heavy atom. The molecule has 3 nitrogen and oxygen atoms in total. The van der Waals surface area contributed by atoms with E-state index in [2.05, 4.69) is 170 Å². The van der Waals surface area contributed by atoms with Crippen LogP contribution < -0.4 is 14.4 Å². The van der Waals surface area contributed by atoms with Crippen LogP contribution in [0.25, 0.3) is 16.7 Å². The van der Waals surface area contributed by atoms with Crippen molar-refractivity contribution < 1.29 is 9.47 Å². The van der Waals surface area contributed by atoms with Crippen LogP contribution >= 0.6 is 0 Å². The second-order valence-corrected chi connectivity index (χ2v) is 14.4. The summed E-state index contributed by atoms with van der Waals surface area (Å²) in [4.78, 5) is 2.06. The van der Waals surface area contributed by atoms with Crippen LogP contribution in [0.5, 0.6) is 11.5 Å². The van der Waals surface area contributed by atoms with Crippen molar-refractivity contribution in [2.75, 3.05) is 11.9 Å². The number of hydrogen-bond donors (Lipinski definition) is 0. The summed E-state index contributed by atoms with van der Waals surface area (Å²) in [6.45, 7) is 8.64. The van der Waals surface area contributed by atoms with E-state index >= 15 is 0 Å². The van der Waals surface area contributed by atoms with Gasteiger partial charge >= 0.3 is 0 Å². The molecule has 0 N–H and O–H groups in total. The Kier molecular flexibility index (Phi) is 7.19. The molecule has 2 unspecified atom stereocenters. The highest BCUT2D eigenvalue weighted by Gasteiger charge is 2.53. The number of likely N-dealkylation sites (N-methyl/N-ethyl adjacent to an activating group) is 1. The van der Waals surface area contributed by atoms with Gasteiger partial charge in [0.25, 0.3) is 0 Å². The molecule has 4 aliphatic carbocycles. The van der Waals surface area contributed by atoms with E-state index in [4.69, 9.17) is 9.47 Å². The molecule has 5 aromatic rings. The van der Waals surface area contributed by atoms with Crippen LogP contribution in [0.3, 0.4) is 0 Å². The van der Waals surface area contributed by atoms with Crippen LogP contribution in [0.2, 0.25) is 0 Å². The Balaban J connectivity index is 0.998. The molecular formula is C50H39NO2. The minimum Gasteiger partial charge on any atom is -0.449 e. The summed E-state index contributed by atoms with van der Waals surface area (Å²) in [7, 11) is 2.02. The predicted octanol–water partition coefficient (Wildman–Crippen LogP) is 11.9. The summed E-state index contributed by atoms with van der Waals surface area (Å²) in [6, 6.07) is 41.7. The monoisotopic (exact) mass is 685 g/mol. The third-order valence-corrected chi connectivity index (χ3v) is 11.8. The lowest BCUT2D eigenvalue weighted by atomic mass is 9.69. The Morgan fingerprint density at radius 3 is 2.02 bits per heavy atom. The zero-order valence-corrected chi connectivity index (χ0v) is 29.8. The molecule has 0 saturated carbocycles. The maximum atomic E-state index is 6.87. The summed E-state index contributed by atoms with van der Waals surface area (Å²) in [5, 5.41) is 0. The normalized spacial score (nSPS) is 19.5. The van der Waals surface area contributed by atoms with Gasteiger partial charge in [0.05, 0.1) is 11.1 Å². The summed E-state index contributed by atoms with van der Waals surface area (Å²) in [5.74, 6) is 3.03. The van der Waals surface area contributed by atoms with Crippen LogP contribution in [0.4, 0.5) is 5.69 Å². The van der Waals surface area contributed by atoms with Gasteiger partial charge in [-0.15, -0.1) is 0 Å². The fourth-order valence-electron chi connectivity index (χ4n) is 9.34. The largest absolute Gasteiger partial charge is 0.449 e. The van der Waals surface area contributed by atoms with E-state index in [1.165, 1.54) is 55.7 Å². The lowest BCUT2D eigenvalue weighted by Gasteiger charge is -2.33. The molecule has 10 rings (SSSR count). The Morgan fingerprint density at radius 1 is 0.717 bits per heavy atom. The summed E-state index contributed by atoms with van der Waals surface area (Å²) in [6.07, 6.45) is 17.3. The van der Waals surface area contributed by atoms with E-state index in [0.717, 1.165) is 18.5 Å². The van der Waals surface area contributed by atoms with Gasteiger partial charge in [-0.05, 0) is 98.8 Å². The second-order valence-electron chi connectivity index (χ2n) is 14.4. The standard InChI is InChI=1S/C50H39NO2/c1-4-46-49(32(2)51(3)35-28-26-34(27-29-35)37-19-9-8-18-36(37)33-16-6-5-7-17-33)53-48-31-45-41(30-47(48)52-46)40-22-12-15-25-44(40)50(45)42-23-13-10-20-38(42)39-21-11-14-24-43(39)50/h4-11,13-21,23-31,36-37H,1-2,12,22H2,3H3. The number of nitrogens with zero attached hydrogens (tertiary/aromatic N) is 1. The molecule has 0 radical (unpaired) electrons. The fourth-order valence-corrected chi connectivity index (χ4v) is 9.34. The molecule has 5 aromatic carbocycles. The quantitative estimate of drug-likeness (QED) is 0.178. The molecule has 2 atom stereocenters. The van der Waals surface area contributed by atoms with Crippen molar-refractivity contribution in [3.05, 3.63) is 227 Å². The molecule has 5 aliphatic rings. The molecule has 0 aromatic heterocycles. The molecular weight excluding hydrogens is 647 g/mol. The molecule has 0 amide bonds. The molecule has 0 bridgehead atoms. The van der Waals surface area contributed by atoms with Gasteiger partial charge in [0.2, 0.25) is 0 Å². The predicted molar refractivity (Wildman–Crippen MR) is 216 cm³/mol. The van der Waals surface area contributed by atoms with Crippen molar-refractivity contribution in [1.82, 2.24) is 0 Å². The van der Waals surface area contributed by atoms with Gasteiger partial charge in [-0.1, -0.05) is 141 Å². The average molecular weight is 686 g/mol. The van der Waals surface area contributed by atoms with Crippen molar-refractivity contribution >= 4 is 11.3 Å². The van der Waals surface area contributed by atoms with Crippen LogP contribution in [0.1, 0.15) is 58.1 Å². The van der Waals surface area contributed by atoms with Gasteiger partial charge in [-0.3, -0.25) is 0 Å². The number of ether oxygens (including phenoxy) is 2. The molecule has 1 heterocycles. The van der Waals surface area contributed by atoms with E-state index in [1.54, 1.807) is 6.08 Å². The Bertz CT molecular complexity index is 2460. The topological polar surface area (TPSA) is 21.7 Å².